The molecule has 0 radical (unpaired) electrons. The van der Waals surface area contributed by atoms with Crippen LogP contribution < -0.4 is 10.6 Å². The fourth-order valence-corrected chi connectivity index (χ4v) is 4.14. The second kappa shape index (κ2) is 11.3. The molecule has 2 aliphatic heterocycles. The first kappa shape index (κ1) is 22.6. The summed E-state index contributed by atoms with van der Waals surface area (Å²) in [6, 6.07) is 8.02. The molecule has 3 rings (SSSR count). The number of rotatable bonds is 7. The zero-order chi connectivity index (χ0) is 21.3. The second-order valence-electron chi connectivity index (χ2n) is 8.58. The van der Waals surface area contributed by atoms with E-state index in [2.05, 4.69) is 21.6 Å². The Labute approximate surface area is 180 Å². The van der Waals surface area contributed by atoms with Crippen LogP contribution in [-0.2, 0) is 4.74 Å². The lowest BCUT2D eigenvalue weighted by molar-refractivity contribution is 0.0374. The number of amides is 3. The first-order valence-electron chi connectivity index (χ1n) is 11.3. The topological polar surface area (TPSA) is 73.9 Å². The molecule has 1 aromatic carbocycles. The van der Waals surface area contributed by atoms with E-state index in [0.29, 0.717) is 18.7 Å². The largest absolute Gasteiger partial charge is 0.379 e. The van der Waals surface area contributed by atoms with Gasteiger partial charge >= 0.3 is 6.03 Å². The SMILES string of the molecule is CC(C)NC(=O)N1CCC[C@H](c2cccc(C(=O)NCCCN3CCOCC3)c2)C1. The molecule has 2 fully saturated rings. The first-order chi connectivity index (χ1) is 14.5. The molecule has 0 spiro atoms. The lowest BCUT2D eigenvalue weighted by Gasteiger charge is -2.33. The summed E-state index contributed by atoms with van der Waals surface area (Å²) >= 11 is 0. The summed E-state index contributed by atoms with van der Waals surface area (Å²) < 4.78 is 5.36. The highest BCUT2D eigenvalue weighted by molar-refractivity contribution is 5.94. The zero-order valence-corrected chi connectivity index (χ0v) is 18.4. The van der Waals surface area contributed by atoms with Crippen molar-refractivity contribution < 1.29 is 14.3 Å². The number of carbonyl (C=O) groups is 2. The lowest BCUT2D eigenvalue weighted by atomic mass is 9.89. The van der Waals surface area contributed by atoms with Gasteiger partial charge < -0.3 is 20.3 Å². The number of ether oxygens (including phenoxy) is 1. The molecule has 30 heavy (non-hydrogen) atoms. The molecule has 2 heterocycles. The Morgan fingerprint density at radius 2 is 2.00 bits per heavy atom. The van der Waals surface area contributed by atoms with E-state index in [4.69, 9.17) is 4.74 Å². The number of piperidine rings is 1. The summed E-state index contributed by atoms with van der Waals surface area (Å²) in [6.07, 6.45) is 2.96. The van der Waals surface area contributed by atoms with Crippen molar-refractivity contribution in [3.05, 3.63) is 35.4 Å². The molecule has 3 amide bonds. The van der Waals surface area contributed by atoms with Crippen LogP contribution in [0.2, 0.25) is 0 Å². The highest BCUT2D eigenvalue weighted by atomic mass is 16.5. The number of likely N-dealkylation sites (tertiary alicyclic amines) is 1. The molecule has 7 heteroatoms. The number of carbonyl (C=O) groups excluding carboxylic acids is 2. The van der Waals surface area contributed by atoms with E-state index in [-0.39, 0.29) is 23.9 Å². The lowest BCUT2D eigenvalue weighted by Crippen LogP contribution is -2.47. The van der Waals surface area contributed by atoms with Crippen molar-refractivity contribution in [3.8, 4) is 0 Å². The molecule has 166 valence electrons. The standard InChI is InChI=1S/C23H36N4O3/c1-18(2)25-23(29)27-11-4-8-21(17-27)19-6-3-7-20(16-19)22(28)24-9-5-10-26-12-14-30-15-13-26/h3,6-7,16,18,21H,4-5,8-15,17H2,1-2H3,(H,24,28)(H,25,29)/t21-/m0/s1. The molecule has 0 aliphatic carbocycles. The third-order valence-electron chi connectivity index (χ3n) is 5.78. The van der Waals surface area contributed by atoms with Crippen LogP contribution in [0.1, 0.15) is 54.9 Å². The normalized spacial score (nSPS) is 20.2. The van der Waals surface area contributed by atoms with Crippen molar-refractivity contribution in [3.63, 3.8) is 0 Å². The van der Waals surface area contributed by atoms with Gasteiger partial charge in [-0.25, -0.2) is 4.79 Å². The van der Waals surface area contributed by atoms with Crippen molar-refractivity contribution in [2.45, 2.75) is 45.1 Å². The highest BCUT2D eigenvalue weighted by Gasteiger charge is 2.25. The maximum Gasteiger partial charge on any atom is 0.317 e. The number of benzene rings is 1. The summed E-state index contributed by atoms with van der Waals surface area (Å²) in [5.74, 6) is 0.245. The van der Waals surface area contributed by atoms with Crippen molar-refractivity contribution in [1.82, 2.24) is 20.4 Å². The molecular formula is C23H36N4O3. The van der Waals surface area contributed by atoms with Crippen LogP contribution >= 0.6 is 0 Å². The number of hydrogen-bond acceptors (Lipinski definition) is 4. The third kappa shape index (κ3) is 6.71. The molecular weight excluding hydrogens is 380 g/mol. The molecule has 1 aromatic rings. The predicted octanol–water partition coefficient (Wildman–Crippen LogP) is 2.44. The molecule has 1 atom stereocenters. The summed E-state index contributed by atoms with van der Waals surface area (Å²) in [7, 11) is 0. The molecule has 0 unspecified atom stereocenters. The number of nitrogens with one attached hydrogen (secondary N) is 2. The van der Waals surface area contributed by atoms with Gasteiger partial charge in [-0.3, -0.25) is 9.69 Å². The van der Waals surface area contributed by atoms with E-state index >= 15 is 0 Å². The first-order valence-corrected chi connectivity index (χ1v) is 11.3. The smallest absolute Gasteiger partial charge is 0.317 e. The van der Waals surface area contributed by atoms with Crippen LogP contribution in [0.5, 0.6) is 0 Å². The molecule has 0 bridgehead atoms. The van der Waals surface area contributed by atoms with Gasteiger partial charge in [0.1, 0.15) is 0 Å². The number of urea groups is 1. The Hall–Kier alpha value is -2.12. The molecule has 2 N–H and O–H groups in total. The Bertz CT molecular complexity index is 703. The van der Waals surface area contributed by atoms with Crippen molar-refractivity contribution in [1.29, 1.82) is 0 Å². The van der Waals surface area contributed by atoms with Crippen LogP contribution in [-0.4, -0.2) is 80.3 Å². The van der Waals surface area contributed by atoms with Gasteiger partial charge in [0.25, 0.3) is 5.91 Å². The van der Waals surface area contributed by atoms with Crippen LogP contribution in [0.15, 0.2) is 24.3 Å². The molecule has 2 aliphatic rings. The van der Waals surface area contributed by atoms with Crippen LogP contribution in [0, 0.1) is 0 Å². The summed E-state index contributed by atoms with van der Waals surface area (Å²) in [5, 5.41) is 6.02. The number of nitrogens with zero attached hydrogens (tertiary/aromatic N) is 2. The van der Waals surface area contributed by atoms with Crippen molar-refractivity contribution >= 4 is 11.9 Å². The fourth-order valence-electron chi connectivity index (χ4n) is 4.14. The van der Waals surface area contributed by atoms with Crippen LogP contribution in [0.4, 0.5) is 4.79 Å². The van der Waals surface area contributed by atoms with Crippen molar-refractivity contribution in [2.75, 3.05) is 52.5 Å². The van der Waals surface area contributed by atoms with Crippen LogP contribution in [0.25, 0.3) is 0 Å². The van der Waals surface area contributed by atoms with Gasteiger partial charge in [-0.15, -0.1) is 0 Å². The Morgan fingerprint density at radius 3 is 2.77 bits per heavy atom. The fraction of sp³-hybridized carbons (Fsp3) is 0.652. The minimum atomic E-state index is -0.0240. The van der Waals surface area contributed by atoms with E-state index in [9.17, 15) is 9.59 Å². The van der Waals surface area contributed by atoms with Gasteiger partial charge in [0.15, 0.2) is 0 Å². The Kier molecular flexibility index (Phi) is 8.51. The number of hydrogen-bond donors (Lipinski definition) is 2. The van der Waals surface area contributed by atoms with Gasteiger partial charge in [0.2, 0.25) is 0 Å². The Balaban J connectivity index is 1.49. The van der Waals surface area contributed by atoms with E-state index in [0.717, 1.165) is 64.2 Å². The summed E-state index contributed by atoms with van der Waals surface area (Å²) in [5.41, 5.74) is 1.83. The van der Waals surface area contributed by atoms with E-state index < -0.39 is 0 Å². The predicted molar refractivity (Wildman–Crippen MR) is 118 cm³/mol. The van der Waals surface area contributed by atoms with Gasteiger partial charge in [0.05, 0.1) is 13.2 Å². The van der Waals surface area contributed by atoms with E-state index in [1.54, 1.807) is 0 Å². The van der Waals surface area contributed by atoms with Gasteiger partial charge in [-0.05, 0) is 57.4 Å². The molecule has 0 saturated carbocycles. The van der Waals surface area contributed by atoms with Crippen molar-refractivity contribution in [2.24, 2.45) is 0 Å². The second-order valence-corrected chi connectivity index (χ2v) is 8.58. The van der Waals surface area contributed by atoms with Crippen LogP contribution in [0.3, 0.4) is 0 Å². The maximum atomic E-state index is 12.6. The summed E-state index contributed by atoms with van der Waals surface area (Å²) in [4.78, 5) is 29.2. The highest BCUT2D eigenvalue weighted by Crippen LogP contribution is 2.27. The monoisotopic (exact) mass is 416 g/mol. The summed E-state index contributed by atoms with van der Waals surface area (Å²) in [6.45, 7) is 10.7. The maximum absolute atomic E-state index is 12.6. The average Bonchev–Trinajstić information content (AvgIpc) is 2.77. The quantitative estimate of drug-likeness (QED) is 0.670. The third-order valence-corrected chi connectivity index (χ3v) is 5.78. The minimum absolute atomic E-state index is 0.00358. The van der Waals surface area contributed by atoms with E-state index in [1.807, 2.05) is 36.9 Å². The van der Waals surface area contributed by atoms with Gasteiger partial charge in [0, 0.05) is 50.2 Å². The van der Waals surface area contributed by atoms with Gasteiger partial charge in [-0.2, -0.15) is 0 Å². The average molecular weight is 417 g/mol. The molecule has 2 saturated heterocycles. The molecule has 0 aromatic heterocycles. The van der Waals surface area contributed by atoms with E-state index in [1.165, 1.54) is 0 Å². The zero-order valence-electron chi connectivity index (χ0n) is 18.4. The molecule has 7 nitrogen and oxygen atoms in total. The minimum Gasteiger partial charge on any atom is -0.379 e. The number of morpholine rings is 1. The van der Waals surface area contributed by atoms with Gasteiger partial charge in [-0.1, -0.05) is 12.1 Å². The Morgan fingerprint density at radius 1 is 1.20 bits per heavy atom.